The zero-order valence-electron chi connectivity index (χ0n) is 18.3. The van der Waals surface area contributed by atoms with Crippen LogP contribution in [-0.4, -0.2) is 60.6 Å². The van der Waals surface area contributed by atoms with E-state index >= 15 is 0 Å². The average Bonchev–Trinajstić information content (AvgIpc) is 3.18. The van der Waals surface area contributed by atoms with Gasteiger partial charge in [-0.15, -0.1) is 0 Å². The molecule has 12 nitrogen and oxygen atoms in total. The number of hydrogen-bond donors (Lipinski definition) is 5. The first-order valence-electron chi connectivity index (χ1n) is 10.4. The van der Waals surface area contributed by atoms with Crippen LogP contribution in [-0.2, 0) is 16.6 Å². The van der Waals surface area contributed by atoms with E-state index in [4.69, 9.17) is 5.14 Å². The molecule has 3 heterocycles. The van der Waals surface area contributed by atoms with Crippen LogP contribution in [0.3, 0.4) is 0 Å². The predicted molar refractivity (Wildman–Crippen MR) is 129 cm³/mol. The third-order valence-electron chi connectivity index (χ3n) is 5.09. The number of nitrogens with two attached hydrogens (primary N) is 1. The number of rotatable bonds is 8. The molecule has 2 aromatic heterocycles. The SMILES string of the molecule is Cc1nc(Nc2nc(NCc3ccc(S(N)(=O)=O)cc3)cc(N3CCNCC3)n2)sc1C(=O)O. The summed E-state index contributed by atoms with van der Waals surface area (Å²) in [7, 11) is -3.75. The van der Waals surface area contributed by atoms with Gasteiger partial charge in [-0.1, -0.05) is 23.5 Å². The first-order valence-corrected chi connectivity index (χ1v) is 12.7. The maximum atomic E-state index is 11.5. The van der Waals surface area contributed by atoms with Gasteiger partial charge in [-0.25, -0.2) is 23.3 Å². The number of sulfonamides is 1. The van der Waals surface area contributed by atoms with Crippen LogP contribution in [0.25, 0.3) is 0 Å². The number of piperazine rings is 1. The first-order chi connectivity index (χ1) is 16.2. The highest BCUT2D eigenvalue weighted by Crippen LogP contribution is 2.27. The molecule has 0 spiro atoms. The topological polar surface area (TPSA) is 175 Å². The van der Waals surface area contributed by atoms with Gasteiger partial charge in [0.25, 0.3) is 0 Å². The standard InChI is InChI=1S/C20H24N8O4S2/c1-12-17(18(29)30)33-20(24-12)27-19-25-15(10-16(26-19)28-8-6-22-7-9-28)23-11-13-2-4-14(5-3-13)34(21,31)32/h2-5,10,22H,6-9,11H2,1H3,(H,29,30)(H2,21,31,32)(H2,23,24,25,26,27). The number of aryl methyl sites for hydroxylation is 1. The van der Waals surface area contributed by atoms with Crippen LogP contribution in [0.2, 0.25) is 0 Å². The number of hydrogen-bond acceptors (Lipinski definition) is 11. The summed E-state index contributed by atoms with van der Waals surface area (Å²) < 4.78 is 22.9. The second-order valence-electron chi connectivity index (χ2n) is 7.58. The van der Waals surface area contributed by atoms with E-state index < -0.39 is 16.0 Å². The number of aromatic carboxylic acids is 1. The van der Waals surface area contributed by atoms with Crippen LogP contribution < -0.4 is 26.0 Å². The maximum absolute atomic E-state index is 11.5. The normalized spacial score (nSPS) is 14.1. The number of nitrogens with one attached hydrogen (secondary N) is 3. The van der Waals surface area contributed by atoms with Crippen molar-refractivity contribution < 1.29 is 18.3 Å². The van der Waals surface area contributed by atoms with Gasteiger partial charge >= 0.3 is 5.97 Å². The molecule has 0 aliphatic carbocycles. The zero-order chi connectivity index (χ0) is 24.3. The second-order valence-corrected chi connectivity index (χ2v) is 10.1. The van der Waals surface area contributed by atoms with Crippen molar-refractivity contribution in [2.45, 2.75) is 18.4 Å². The van der Waals surface area contributed by atoms with E-state index in [1.807, 2.05) is 6.07 Å². The zero-order valence-corrected chi connectivity index (χ0v) is 19.9. The van der Waals surface area contributed by atoms with Crippen molar-refractivity contribution in [1.82, 2.24) is 20.3 Å². The van der Waals surface area contributed by atoms with Gasteiger partial charge in [0.2, 0.25) is 16.0 Å². The lowest BCUT2D eigenvalue weighted by molar-refractivity contribution is 0.0701. The fourth-order valence-corrected chi connectivity index (χ4v) is 4.68. The Morgan fingerprint density at radius 2 is 1.91 bits per heavy atom. The molecule has 14 heteroatoms. The molecule has 1 saturated heterocycles. The second kappa shape index (κ2) is 9.89. The van der Waals surface area contributed by atoms with E-state index in [-0.39, 0.29) is 15.7 Å². The van der Waals surface area contributed by atoms with Gasteiger partial charge in [0.05, 0.1) is 10.6 Å². The van der Waals surface area contributed by atoms with Crippen molar-refractivity contribution in [1.29, 1.82) is 0 Å². The number of nitrogens with zero attached hydrogens (tertiary/aromatic N) is 4. The number of primary sulfonamides is 1. The molecule has 0 radical (unpaired) electrons. The van der Waals surface area contributed by atoms with Crippen LogP contribution in [0, 0.1) is 6.92 Å². The number of thiazole rings is 1. The predicted octanol–water partition coefficient (Wildman–Crippen LogP) is 1.35. The Morgan fingerprint density at radius 1 is 1.21 bits per heavy atom. The summed E-state index contributed by atoms with van der Waals surface area (Å²) in [5.41, 5.74) is 1.26. The van der Waals surface area contributed by atoms with E-state index in [2.05, 4.69) is 35.8 Å². The highest BCUT2D eigenvalue weighted by atomic mass is 32.2. The molecule has 34 heavy (non-hydrogen) atoms. The molecule has 1 aliphatic heterocycles. The molecule has 4 rings (SSSR count). The summed E-state index contributed by atoms with van der Waals surface area (Å²) >= 11 is 1.02. The minimum Gasteiger partial charge on any atom is -0.477 e. The molecule has 1 aromatic carbocycles. The molecule has 0 atom stereocenters. The molecule has 0 bridgehead atoms. The fourth-order valence-electron chi connectivity index (χ4n) is 3.37. The fraction of sp³-hybridized carbons (Fsp3) is 0.300. The lowest BCUT2D eigenvalue weighted by atomic mass is 10.2. The molecule has 0 unspecified atom stereocenters. The summed E-state index contributed by atoms with van der Waals surface area (Å²) in [5, 5.41) is 24.4. The van der Waals surface area contributed by atoms with Gasteiger partial charge in [0.15, 0.2) is 5.13 Å². The van der Waals surface area contributed by atoms with E-state index in [0.29, 0.717) is 23.2 Å². The Bertz CT molecular complexity index is 1290. The number of carboxylic acids is 1. The molecular formula is C20H24N8O4S2. The summed E-state index contributed by atoms with van der Waals surface area (Å²) in [6, 6.07) is 8.10. The number of carboxylic acid groups (broad SMARTS) is 1. The van der Waals surface area contributed by atoms with Gasteiger partial charge in [0.1, 0.15) is 16.5 Å². The van der Waals surface area contributed by atoms with Crippen molar-refractivity contribution in [3.63, 3.8) is 0 Å². The lowest BCUT2D eigenvalue weighted by Gasteiger charge is -2.28. The van der Waals surface area contributed by atoms with Crippen LogP contribution in [0.15, 0.2) is 35.2 Å². The van der Waals surface area contributed by atoms with Gasteiger partial charge in [-0.05, 0) is 24.6 Å². The third kappa shape index (κ3) is 5.77. The largest absolute Gasteiger partial charge is 0.477 e. The lowest BCUT2D eigenvalue weighted by Crippen LogP contribution is -2.44. The van der Waals surface area contributed by atoms with Gasteiger partial charge in [0, 0.05) is 38.8 Å². The minimum atomic E-state index is -3.75. The Morgan fingerprint density at radius 3 is 2.53 bits per heavy atom. The maximum Gasteiger partial charge on any atom is 0.347 e. The highest BCUT2D eigenvalue weighted by molar-refractivity contribution is 7.89. The van der Waals surface area contributed by atoms with Crippen LogP contribution in [0.4, 0.5) is 22.7 Å². The van der Waals surface area contributed by atoms with Crippen molar-refractivity contribution in [3.8, 4) is 0 Å². The highest BCUT2D eigenvalue weighted by Gasteiger charge is 2.18. The Hall–Kier alpha value is -3.33. The summed E-state index contributed by atoms with van der Waals surface area (Å²) in [5.74, 6) is 0.522. The van der Waals surface area contributed by atoms with Crippen molar-refractivity contribution in [2.24, 2.45) is 5.14 Å². The van der Waals surface area contributed by atoms with E-state index in [0.717, 1.165) is 48.9 Å². The van der Waals surface area contributed by atoms with Crippen LogP contribution >= 0.6 is 11.3 Å². The quantitative estimate of drug-likeness (QED) is 0.299. The van der Waals surface area contributed by atoms with E-state index in [1.54, 1.807) is 19.1 Å². The molecular weight excluding hydrogens is 480 g/mol. The van der Waals surface area contributed by atoms with Gasteiger partial charge < -0.3 is 20.6 Å². The molecule has 180 valence electrons. The smallest absolute Gasteiger partial charge is 0.347 e. The Balaban J connectivity index is 1.57. The minimum absolute atomic E-state index is 0.0465. The number of aromatic nitrogens is 3. The summed E-state index contributed by atoms with van der Waals surface area (Å²) in [6.45, 7) is 5.26. The van der Waals surface area contributed by atoms with E-state index in [9.17, 15) is 18.3 Å². The molecule has 0 amide bonds. The van der Waals surface area contributed by atoms with Gasteiger partial charge in [-0.3, -0.25) is 5.32 Å². The van der Waals surface area contributed by atoms with Crippen LogP contribution in [0.5, 0.6) is 0 Å². The van der Waals surface area contributed by atoms with E-state index in [1.165, 1.54) is 12.1 Å². The first kappa shape index (κ1) is 23.8. The van der Waals surface area contributed by atoms with Crippen molar-refractivity contribution in [2.75, 3.05) is 41.7 Å². The van der Waals surface area contributed by atoms with Crippen molar-refractivity contribution >= 4 is 50.0 Å². The Labute approximate surface area is 200 Å². The van der Waals surface area contributed by atoms with Crippen LogP contribution in [0.1, 0.15) is 20.9 Å². The van der Waals surface area contributed by atoms with Crippen molar-refractivity contribution in [3.05, 3.63) is 46.5 Å². The average molecular weight is 505 g/mol. The Kier molecular flexibility index (Phi) is 6.92. The summed E-state index contributed by atoms with van der Waals surface area (Å²) in [6.07, 6.45) is 0. The number of anilines is 4. The molecule has 3 aromatic rings. The molecule has 0 saturated carbocycles. The number of carbonyl (C=O) groups is 1. The third-order valence-corrected chi connectivity index (χ3v) is 7.08. The molecule has 1 fully saturated rings. The van der Waals surface area contributed by atoms with Gasteiger partial charge in [-0.2, -0.15) is 9.97 Å². The molecule has 6 N–H and O–H groups in total. The number of benzene rings is 1. The molecule has 1 aliphatic rings. The summed E-state index contributed by atoms with van der Waals surface area (Å²) in [4.78, 5) is 27.1. The monoisotopic (exact) mass is 504 g/mol.